The van der Waals surface area contributed by atoms with Gasteiger partial charge in [0, 0.05) is 5.02 Å². The number of hydrogen-bond donors (Lipinski definition) is 1. The zero-order valence-corrected chi connectivity index (χ0v) is 9.47. The number of benzene rings is 1. The number of anilines is 2. The predicted molar refractivity (Wildman–Crippen MR) is 61.3 cm³/mol. The number of halogens is 1. The first-order chi connectivity index (χ1) is 8.74. The summed E-state index contributed by atoms with van der Waals surface area (Å²) in [5, 5.41) is 18.8. The lowest BCUT2D eigenvalue weighted by Gasteiger charge is -1.90. The van der Waals surface area contributed by atoms with Crippen LogP contribution in [0.4, 0.5) is 12.0 Å². The topological polar surface area (TPSA) is 101 Å². The van der Waals surface area contributed by atoms with Crippen LogP contribution in [0.2, 0.25) is 5.02 Å². The number of aromatic nitrogens is 3. The van der Waals surface area contributed by atoms with Crippen molar-refractivity contribution in [3.05, 3.63) is 29.1 Å². The van der Waals surface area contributed by atoms with Crippen molar-refractivity contribution in [3.8, 4) is 6.07 Å². The molecule has 3 aromatic rings. The Morgan fingerprint density at radius 1 is 1.22 bits per heavy atom. The van der Waals surface area contributed by atoms with Gasteiger partial charge in [-0.15, -0.1) is 0 Å². The second kappa shape index (κ2) is 4.01. The standard InChI is InChI=1S/C10H4ClN5O2/c11-5-1-2-7-6(3-5)13-9(17-7)14-10-16-15-8(4-12)18-10/h1-3H,(H,13,14,16). The Morgan fingerprint density at radius 2 is 2.11 bits per heavy atom. The maximum absolute atomic E-state index is 8.53. The molecule has 0 atom stereocenters. The predicted octanol–water partition coefficient (Wildman–Crippen LogP) is 2.48. The molecule has 0 amide bonds. The molecule has 18 heavy (non-hydrogen) atoms. The molecular weight excluding hydrogens is 258 g/mol. The summed E-state index contributed by atoms with van der Waals surface area (Å²) in [4.78, 5) is 4.13. The van der Waals surface area contributed by atoms with E-state index < -0.39 is 0 Å². The van der Waals surface area contributed by atoms with E-state index in [2.05, 4.69) is 20.5 Å². The van der Waals surface area contributed by atoms with Gasteiger partial charge in [-0.1, -0.05) is 21.8 Å². The highest BCUT2D eigenvalue weighted by Crippen LogP contribution is 2.23. The third-order valence-electron chi connectivity index (χ3n) is 2.08. The summed E-state index contributed by atoms with van der Waals surface area (Å²) in [5.74, 6) is -0.142. The van der Waals surface area contributed by atoms with Gasteiger partial charge >= 0.3 is 17.9 Å². The summed E-state index contributed by atoms with van der Waals surface area (Å²) in [6.45, 7) is 0. The van der Waals surface area contributed by atoms with Gasteiger partial charge in [-0.2, -0.15) is 10.2 Å². The quantitative estimate of drug-likeness (QED) is 0.756. The van der Waals surface area contributed by atoms with E-state index >= 15 is 0 Å². The Bertz CT molecular complexity index is 757. The fourth-order valence-electron chi connectivity index (χ4n) is 1.36. The molecule has 0 fully saturated rings. The third kappa shape index (κ3) is 1.85. The summed E-state index contributed by atoms with van der Waals surface area (Å²) < 4.78 is 10.3. The number of nitriles is 1. The van der Waals surface area contributed by atoms with E-state index in [0.717, 1.165) is 0 Å². The second-order valence-corrected chi connectivity index (χ2v) is 3.72. The van der Waals surface area contributed by atoms with Crippen molar-refractivity contribution >= 4 is 34.7 Å². The number of fused-ring (bicyclic) bond motifs is 1. The zero-order chi connectivity index (χ0) is 12.5. The fourth-order valence-corrected chi connectivity index (χ4v) is 1.53. The Morgan fingerprint density at radius 3 is 2.89 bits per heavy atom. The summed E-state index contributed by atoms with van der Waals surface area (Å²) in [5.41, 5.74) is 1.17. The van der Waals surface area contributed by atoms with Crippen LogP contribution in [-0.2, 0) is 0 Å². The molecule has 0 radical (unpaired) electrons. The number of rotatable bonds is 2. The maximum atomic E-state index is 8.53. The molecule has 0 saturated heterocycles. The van der Waals surface area contributed by atoms with Crippen molar-refractivity contribution in [2.75, 3.05) is 5.32 Å². The first-order valence-corrected chi connectivity index (χ1v) is 5.19. The molecule has 2 aromatic heterocycles. The SMILES string of the molecule is N#Cc1nnc(Nc2nc3cc(Cl)ccc3o2)o1. The minimum atomic E-state index is -0.142. The lowest BCUT2D eigenvalue weighted by atomic mass is 10.3. The summed E-state index contributed by atoms with van der Waals surface area (Å²) in [6, 6.07) is 6.99. The minimum Gasteiger partial charge on any atom is -0.423 e. The summed E-state index contributed by atoms with van der Waals surface area (Å²) in [7, 11) is 0. The molecule has 0 saturated carbocycles. The van der Waals surface area contributed by atoms with Gasteiger partial charge in [0.15, 0.2) is 11.7 Å². The molecule has 8 heteroatoms. The highest BCUT2D eigenvalue weighted by molar-refractivity contribution is 6.31. The van der Waals surface area contributed by atoms with Crippen LogP contribution < -0.4 is 5.32 Å². The zero-order valence-electron chi connectivity index (χ0n) is 8.72. The molecule has 0 aliphatic rings. The molecule has 0 spiro atoms. The molecule has 1 aromatic carbocycles. The van der Waals surface area contributed by atoms with Crippen LogP contribution in [0, 0.1) is 11.3 Å². The van der Waals surface area contributed by atoms with E-state index in [0.29, 0.717) is 16.1 Å². The molecule has 1 N–H and O–H groups in total. The fraction of sp³-hybridized carbons (Fsp3) is 0. The minimum absolute atomic E-state index is 0.0317. The Labute approximate surface area is 105 Å². The van der Waals surface area contributed by atoms with E-state index in [1.54, 1.807) is 24.3 Å². The van der Waals surface area contributed by atoms with Gasteiger partial charge < -0.3 is 8.83 Å². The molecule has 2 heterocycles. The first kappa shape index (κ1) is 10.6. The normalized spacial score (nSPS) is 10.4. The van der Waals surface area contributed by atoms with Gasteiger partial charge in [0.1, 0.15) is 5.52 Å². The molecule has 0 bridgehead atoms. The Kier molecular flexibility index (Phi) is 2.35. The van der Waals surface area contributed by atoms with Gasteiger partial charge in [0.05, 0.1) is 0 Å². The van der Waals surface area contributed by atoms with Crippen molar-refractivity contribution in [1.29, 1.82) is 5.26 Å². The van der Waals surface area contributed by atoms with E-state index in [4.69, 9.17) is 25.7 Å². The highest BCUT2D eigenvalue weighted by Gasteiger charge is 2.10. The largest absolute Gasteiger partial charge is 0.423 e. The molecule has 0 unspecified atom stereocenters. The molecule has 0 aliphatic carbocycles. The van der Waals surface area contributed by atoms with E-state index in [9.17, 15) is 0 Å². The van der Waals surface area contributed by atoms with Gasteiger partial charge in [0.2, 0.25) is 0 Å². The highest BCUT2D eigenvalue weighted by atomic mass is 35.5. The molecule has 88 valence electrons. The van der Waals surface area contributed by atoms with Crippen LogP contribution in [0.1, 0.15) is 5.89 Å². The van der Waals surface area contributed by atoms with Crippen LogP contribution in [-0.4, -0.2) is 15.2 Å². The van der Waals surface area contributed by atoms with Crippen LogP contribution in [0.15, 0.2) is 27.0 Å². The van der Waals surface area contributed by atoms with Crippen LogP contribution in [0.25, 0.3) is 11.1 Å². The lowest BCUT2D eigenvalue weighted by Crippen LogP contribution is -1.89. The van der Waals surface area contributed by atoms with E-state index in [1.807, 2.05) is 0 Å². The third-order valence-corrected chi connectivity index (χ3v) is 2.32. The van der Waals surface area contributed by atoms with Gasteiger partial charge in [-0.05, 0) is 18.2 Å². The number of oxazole rings is 1. The van der Waals surface area contributed by atoms with Crippen molar-refractivity contribution in [3.63, 3.8) is 0 Å². The average Bonchev–Trinajstić information content (AvgIpc) is 2.95. The van der Waals surface area contributed by atoms with Gasteiger partial charge in [0.25, 0.3) is 0 Å². The second-order valence-electron chi connectivity index (χ2n) is 3.28. The van der Waals surface area contributed by atoms with Crippen molar-refractivity contribution in [2.45, 2.75) is 0 Å². The Hall–Kier alpha value is -2.59. The molecule has 3 rings (SSSR count). The average molecular weight is 262 g/mol. The van der Waals surface area contributed by atoms with Crippen molar-refractivity contribution in [1.82, 2.24) is 15.2 Å². The van der Waals surface area contributed by atoms with Crippen molar-refractivity contribution < 1.29 is 8.83 Å². The summed E-state index contributed by atoms with van der Waals surface area (Å²) >= 11 is 5.83. The van der Waals surface area contributed by atoms with E-state index in [1.165, 1.54) is 0 Å². The molecule has 7 nitrogen and oxygen atoms in total. The van der Waals surface area contributed by atoms with E-state index in [-0.39, 0.29) is 17.9 Å². The number of nitrogens with zero attached hydrogens (tertiary/aromatic N) is 4. The van der Waals surface area contributed by atoms with Gasteiger partial charge in [-0.3, -0.25) is 5.32 Å². The molecule has 0 aliphatic heterocycles. The van der Waals surface area contributed by atoms with Crippen LogP contribution in [0.3, 0.4) is 0 Å². The number of hydrogen-bond acceptors (Lipinski definition) is 7. The maximum Gasteiger partial charge on any atom is 0.324 e. The smallest absolute Gasteiger partial charge is 0.324 e. The molecular formula is C10H4ClN5O2. The summed E-state index contributed by atoms with van der Waals surface area (Å²) in [6.07, 6.45) is 0. The van der Waals surface area contributed by atoms with Crippen LogP contribution in [0.5, 0.6) is 0 Å². The van der Waals surface area contributed by atoms with Crippen LogP contribution >= 0.6 is 11.6 Å². The lowest BCUT2D eigenvalue weighted by molar-refractivity contribution is 0.546. The van der Waals surface area contributed by atoms with Gasteiger partial charge in [-0.25, -0.2) is 0 Å². The Balaban J connectivity index is 1.93. The van der Waals surface area contributed by atoms with Crippen molar-refractivity contribution in [2.24, 2.45) is 0 Å². The monoisotopic (exact) mass is 261 g/mol. The first-order valence-electron chi connectivity index (χ1n) is 4.81. The number of nitrogens with one attached hydrogen (secondary N) is 1.